The first-order valence-electron chi connectivity index (χ1n) is 5.71. The summed E-state index contributed by atoms with van der Waals surface area (Å²) < 4.78 is 5.82. The van der Waals surface area contributed by atoms with Crippen LogP contribution in [0.25, 0.3) is 0 Å². The third-order valence-electron chi connectivity index (χ3n) is 3.15. The minimum Gasteiger partial charge on any atom is -0.373 e. The van der Waals surface area contributed by atoms with Crippen LogP contribution < -0.4 is 5.48 Å². The second-order valence-corrected chi connectivity index (χ2v) is 4.33. The van der Waals surface area contributed by atoms with Crippen LogP contribution in [0.5, 0.6) is 0 Å². The van der Waals surface area contributed by atoms with Crippen molar-refractivity contribution in [3.8, 4) is 0 Å². The van der Waals surface area contributed by atoms with Crippen molar-refractivity contribution in [3.05, 3.63) is 42.3 Å². The summed E-state index contributed by atoms with van der Waals surface area (Å²) in [7, 11) is 0. The molecule has 0 unspecified atom stereocenters. The maximum atomic E-state index is 5.82. The minimum atomic E-state index is 0.145. The molecule has 0 aromatic heterocycles. The van der Waals surface area contributed by atoms with Crippen molar-refractivity contribution in [2.75, 3.05) is 6.61 Å². The lowest BCUT2D eigenvalue weighted by atomic mass is 10.1. The molecule has 1 aromatic rings. The van der Waals surface area contributed by atoms with Crippen LogP contribution in [-0.4, -0.2) is 18.8 Å². The van der Waals surface area contributed by atoms with Gasteiger partial charge in [0.2, 0.25) is 0 Å². The standard InChI is InChI=1S/C13H15NO2/c1-2-4-10(5-3-1)8-15-12-6-11-9-16-14-13(11)7-12/h1-5,11-14H,7-9H2/t11-,12+,13-/m0/s1. The molecule has 2 aliphatic rings. The molecule has 1 saturated heterocycles. The van der Waals surface area contributed by atoms with Gasteiger partial charge in [0, 0.05) is 18.4 Å². The molecule has 84 valence electrons. The van der Waals surface area contributed by atoms with Gasteiger partial charge in [-0.25, -0.2) is 0 Å². The van der Waals surface area contributed by atoms with E-state index < -0.39 is 0 Å². The van der Waals surface area contributed by atoms with Gasteiger partial charge in [-0.05, 0) is 12.0 Å². The van der Waals surface area contributed by atoms with Crippen LogP contribution in [0.1, 0.15) is 12.0 Å². The van der Waals surface area contributed by atoms with Gasteiger partial charge in [0.25, 0.3) is 0 Å². The number of hydrogen-bond acceptors (Lipinski definition) is 3. The molecule has 1 N–H and O–H groups in total. The molecule has 3 heteroatoms. The Morgan fingerprint density at radius 1 is 1.38 bits per heavy atom. The summed E-state index contributed by atoms with van der Waals surface area (Å²) in [5.74, 6) is 0.403. The van der Waals surface area contributed by atoms with Crippen LogP contribution in [0, 0.1) is 12.3 Å². The molecular weight excluding hydrogens is 202 g/mol. The van der Waals surface area contributed by atoms with Crippen molar-refractivity contribution in [1.29, 1.82) is 0 Å². The van der Waals surface area contributed by atoms with E-state index in [1.54, 1.807) is 0 Å². The largest absolute Gasteiger partial charge is 0.373 e. The molecule has 2 fully saturated rings. The van der Waals surface area contributed by atoms with E-state index in [2.05, 4.69) is 24.0 Å². The van der Waals surface area contributed by atoms with E-state index in [4.69, 9.17) is 9.57 Å². The topological polar surface area (TPSA) is 30.5 Å². The molecule has 1 aliphatic carbocycles. The Hall–Kier alpha value is -0.900. The van der Waals surface area contributed by atoms with E-state index in [1.807, 2.05) is 18.2 Å². The van der Waals surface area contributed by atoms with E-state index in [-0.39, 0.29) is 6.10 Å². The van der Waals surface area contributed by atoms with Crippen LogP contribution in [-0.2, 0) is 16.2 Å². The Morgan fingerprint density at radius 2 is 2.25 bits per heavy atom. The van der Waals surface area contributed by atoms with Crippen molar-refractivity contribution in [3.63, 3.8) is 0 Å². The Morgan fingerprint density at radius 3 is 3.06 bits per heavy atom. The van der Waals surface area contributed by atoms with Crippen molar-refractivity contribution in [2.24, 2.45) is 5.92 Å². The quantitative estimate of drug-likeness (QED) is 0.833. The number of ether oxygens (including phenoxy) is 1. The van der Waals surface area contributed by atoms with Crippen molar-refractivity contribution >= 4 is 0 Å². The van der Waals surface area contributed by atoms with Crippen LogP contribution in [0.15, 0.2) is 30.3 Å². The fourth-order valence-corrected chi connectivity index (χ4v) is 2.24. The fourth-order valence-electron chi connectivity index (χ4n) is 2.24. The smallest absolute Gasteiger partial charge is 0.0733 e. The molecule has 0 amide bonds. The summed E-state index contributed by atoms with van der Waals surface area (Å²) in [6.07, 6.45) is 4.53. The Bertz CT molecular complexity index is 329. The summed E-state index contributed by atoms with van der Waals surface area (Å²) in [5, 5.41) is 0. The van der Waals surface area contributed by atoms with Gasteiger partial charge in [0.1, 0.15) is 0 Å². The van der Waals surface area contributed by atoms with Gasteiger partial charge < -0.3 is 9.57 Å². The lowest BCUT2D eigenvalue weighted by molar-refractivity contribution is 0.0363. The molecule has 0 spiro atoms. The van der Waals surface area contributed by atoms with E-state index in [0.717, 1.165) is 13.0 Å². The highest BCUT2D eigenvalue weighted by molar-refractivity contribution is 5.13. The van der Waals surface area contributed by atoms with Gasteiger partial charge in [-0.15, -0.1) is 0 Å². The second kappa shape index (κ2) is 4.53. The Labute approximate surface area is 95.7 Å². The number of hydrogen-bond donors (Lipinski definition) is 1. The summed E-state index contributed by atoms with van der Waals surface area (Å²) >= 11 is 0. The maximum Gasteiger partial charge on any atom is 0.0733 e. The molecule has 2 radical (unpaired) electrons. The van der Waals surface area contributed by atoms with Crippen LogP contribution in [0.4, 0.5) is 0 Å². The highest BCUT2D eigenvalue weighted by Crippen LogP contribution is 2.31. The minimum absolute atomic E-state index is 0.145. The zero-order valence-corrected chi connectivity index (χ0v) is 9.06. The number of nitrogens with one attached hydrogen (secondary N) is 1. The third kappa shape index (κ3) is 2.12. The summed E-state index contributed by atoms with van der Waals surface area (Å²) in [6, 6.07) is 10.6. The summed E-state index contributed by atoms with van der Waals surface area (Å²) in [5.41, 5.74) is 4.22. The average Bonchev–Trinajstić information content (AvgIpc) is 2.88. The van der Waals surface area contributed by atoms with Crippen LogP contribution in [0.3, 0.4) is 0 Å². The van der Waals surface area contributed by atoms with Gasteiger partial charge in [-0.2, -0.15) is 5.48 Å². The lowest BCUT2D eigenvalue weighted by Gasteiger charge is -2.12. The van der Waals surface area contributed by atoms with E-state index >= 15 is 0 Å². The molecule has 1 heterocycles. The Balaban J connectivity index is 1.50. The summed E-state index contributed by atoms with van der Waals surface area (Å²) in [4.78, 5) is 5.15. The SMILES string of the molecule is [C]1[C@@H](OCc2ccccc2)C[C@@H]2NOC[C@H]12. The van der Waals surface area contributed by atoms with E-state index in [9.17, 15) is 0 Å². The average molecular weight is 217 g/mol. The van der Waals surface area contributed by atoms with Crippen LogP contribution >= 0.6 is 0 Å². The predicted octanol–water partition coefficient (Wildman–Crippen LogP) is 1.58. The molecule has 3 rings (SSSR count). The predicted molar refractivity (Wildman–Crippen MR) is 59.2 cm³/mol. The molecule has 0 bridgehead atoms. The Kier molecular flexibility index (Phi) is 2.91. The van der Waals surface area contributed by atoms with Crippen molar-refractivity contribution in [1.82, 2.24) is 5.48 Å². The number of rotatable bonds is 3. The number of fused-ring (bicyclic) bond motifs is 1. The molecule has 3 atom stereocenters. The van der Waals surface area contributed by atoms with E-state index in [1.165, 1.54) is 5.56 Å². The first kappa shape index (κ1) is 10.3. The molecule has 1 aliphatic heterocycles. The normalized spacial score (nSPS) is 32.9. The third-order valence-corrected chi connectivity index (χ3v) is 3.15. The molecule has 3 nitrogen and oxygen atoms in total. The first-order chi connectivity index (χ1) is 7.92. The highest BCUT2D eigenvalue weighted by atomic mass is 16.7. The van der Waals surface area contributed by atoms with E-state index in [0.29, 0.717) is 18.6 Å². The highest BCUT2D eigenvalue weighted by Gasteiger charge is 2.39. The number of benzene rings is 1. The maximum absolute atomic E-state index is 5.82. The molecule has 16 heavy (non-hydrogen) atoms. The molecule has 1 aromatic carbocycles. The number of hydroxylamine groups is 1. The monoisotopic (exact) mass is 217 g/mol. The zero-order valence-electron chi connectivity index (χ0n) is 9.06. The van der Waals surface area contributed by atoms with Gasteiger partial charge >= 0.3 is 0 Å². The van der Waals surface area contributed by atoms with Gasteiger partial charge in [0.05, 0.1) is 19.3 Å². The van der Waals surface area contributed by atoms with Gasteiger partial charge in [-0.3, -0.25) is 0 Å². The molecular formula is C13H15NO2. The van der Waals surface area contributed by atoms with Crippen molar-refractivity contribution in [2.45, 2.75) is 25.2 Å². The first-order valence-corrected chi connectivity index (χ1v) is 5.71. The fraction of sp³-hybridized carbons (Fsp3) is 0.462. The van der Waals surface area contributed by atoms with Gasteiger partial charge in [-0.1, -0.05) is 30.3 Å². The van der Waals surface area contributed by atoms with Gasteiger partial charge in [0.15, 0.2) is 0 Å². The zero-order chi connectivity index (χ0) is 10.8. The van der Waals surface area contributed by atoms with Crippen molar-refractivity contribution < 1.29 is 9.57 Å². The second-order valence-electron chi connectivity index (χ2n) is 4.33. The summed E-state index contributed by atoms with van der Waals surface area (Å²) in [6.45, 7) is 1.40. The van der Waals surface area contributed by atoms with Crippen LogP contribution in [0.2, 0.25) is 0 Å². The molecule has 1 saturated carbocycles. The lowest BCUT2D eigenvalue weighted by Crippen LogP contribution is -2.22.